The minimum absolute atomic E-state index is 0.124. The lowest BCUT2D eigenvalue weighted by atomic mass is 9.85. The molecule has 0 heterocycles. The van der Waals surface area contributed by atoms with Crippen LogP contribution >= 0.6 is 12.2 Å². The molecule has 2 nitrogen and oxygen atoms in total. The third-order valence-corrected chi connectivity index (χ3v) is 3.61. The zero-order valence-corrected chi connectivity index (χ0v) is 10.8. The summed E-state index contributed by atoms with van der Waals surface area (Å²) in [7, 11) is 1.97. The average Bonchev–Trinajstić information content (AvgIpc) is 2.22. The lowest BCUT2D eigenvalue weighted by Crippen LogP contribution is -2.31. The summed E-state index contributed by atoms with van der Waals surface area (Å²) in [6, 6.07) is 4.97. The van der Waals surface area contributed by atoms with E-state index in [9.17, 15) is 4.39 Å². The summed E-state index contributed by atoms with van der Waals surface area (Å²) >= 11 is 4.92. The Balaban J connectivity index is 2.23. The Morgan fingerprint density at radius 3 is 2.76 bits per heavy atom. The van der Waals surface area contributed by atoms with Gasteiger partial charge in [-0.2, -0.15) is 0 Å². The van der Waals surface area contributed by atoms with E-state index in [0.29, 0.717) is 5.56 Å². The van der Waals surface area contributed by atoms with Crippen LogP contribution in [-0.4, -0.2) is 18.6 Å². The van der Waals surface area contributed by atoms with E-state index in [1.807, 2.05) is 13.1 Å². The SMILES string of the molecule is CN(CC1CCC1)c1cccc(F)c1C(N)=S. The molecule has 0 saturated heterocycles. The van der Waals surface area contributed by atoms with Crippen LogP contribution in [0, 0.1) is 11.7 Å². The van der Waals surface area contributed by atoms with E-state index in [1.165, 1.54) is 25.3 Å². The van der Waals surface area contributed by atoms with Crippen LogP contribution in [0.1, 0.15) is 24.8 Å². The zero-order chi connectivity index (χ0) is 12.4. The zero-order valence-electron chi connectivity index (χ0n) is 9.95. The van der Waals surface area contributed by atoms with Crippen molar-refractivity contribution >= 4 is 22.9 Å². The van der Waals surface area contributed by atoms with E-state index in [1.54, 1.807) is 6.07 Å². The van der Waals surface area contributed by atoms with Gasteiger partial charge in [-0.3, -0.25) is 0 Å². The van der Waals surface area contributed by atoms with Gasteiger partial charge in [0.05, 0.1) is 5.56 Å². The third kappa shape index (κ3) is 2.57. The number of hydrogen-bond donors (Lipinski definition) is 1. The van der Waals surface area contributed by atoms with Gasteiger partial charge in [-0.05, 0) is 30.9 Å². The number of nitrogens with zero attached hydrogens (tertiary/aromatic N) is 1. The largest absolute Gasteiger partial charge is 0.389 e. The molecular formula is C13H17FN2S. The molecule has 2 N–H and O–H groups in total. The smallest absolute Gasteiger partial charge is 0.135 e. The molecule has 1 aliphatic carbocycles. The van der Waals surface area contributed by atoms with Gasteiger partial charge in [0.25, 0.3) is 0 Å². The maximum Gasteiger partial charge on any atom is 0.135 e. The third-order valence-electron chi connectivity index (χ3n) is 3.41. The highest BCUT2D eigenvalue weighted by molar-refractivity contribution is 7.80. The second kappa shape index (κ2) is 5.00. The number of rotatable bonds is 4. The molecule has 1 aromatic carbocycles. The van der Waals surface area contributed by atoms with E-state index in [0.717, 1.165) is 18.2 Å². The molecule has 2 rings (SSSR count). The van der Waals surface area contributed by atoms with E-state index in [4.69, 9.17) is 18.0 Å². The van der Waals surface area contributed by atoms with E-state index < -0.39 is 0 Å². The summed E-state index contributed by atoms with van der Waals surface area (Å²) in [5, 5.41) is 0. The first kappa shape index (κ1) is 12.3. The number of nitrogens with two attached hydrogens (primary N) is 1. The Morgan fingerprint density at radius 2 is 2.24 bits per heavy atom. The van der Waals surface area contributed by atoms with Crippen LogP contribution in [0.25, 0.3) is 0 Å². The van der Waals surface area contributed by atoms with Gasteiger partial charge in [0.15, 0.2) is 0 Å². The van der Waals surface area contributed by atoms with Gasteiger partial charge in [0.2, 0.25) is 0 Å². The number of benzene rings is 1. The van der Waals surface area contributed by atoms with Gasteiger partial charge in [0, 0.05) is 19.3 Å². The maximum atomic E-state index is 13.7. The van der Waals surface area contributed by atoms with Crippen molar-refractivity contribution in [2.24, 2.45) is 11.7 Å². The molecule has 0 amide bonds. The summed E-state index contributed by atoms with van der Waals surface area (Å²) in [5.74, 6) is 0.387. The Morgan fingerprint density at radius 1 is 1.53 bits per heavy atom. The standard InChI is InChI=1S/C13H17FN2S/c1-16(8-9-4-2-5-9)11-7-3-6-10(14)12(11)13(15)17/h3,6-7,9H,2,4-5,8H2,1H3,(H2,15,17). The molecule has 1 fully saturated rings. The Hall–Kier alpha value is -1.16. The van der Waals surface area contributed by atoms with Gasteiger partial charge in [0.1, 0.15) is 10.8 Å². The predicted octanol–water partition coefficient (Wildman–Crippen LogP) is 2.70. The molecule has 0 unspecified atom stereocenters. The Bertz CT molecular complexity index is 429. The van der Waals surface area contributed by atoms with Crippen LogP contribution in [0.4, 0.5) is 10.1 Å². The van der Waals surface area contributed by atoms with E-state index >= 15 is 0 Å². The molecule has 0 aromatic heterocycles. The van der Waals surface area contributed by atoms with E-state index in [-0.39, 0.29) is 10.8 Å². The van der Waals surface area contributed by atoms with Crippen molar-refractivity contribution in [3.05, 3.63) is 29.6 Å². The second-order valence-electron chi connectivity index (χ2n) is 4.68. The minimum atomic E-state index is -0.338. The molecule has 92 valence electrons. The molecule has 0 aliphatic heterocycles. The summed E-state index contributed by atoms with van der Waals surface area (Å²) in [6.07, 6.45) is 3.84. The monoisotopic (exact) mass is 252 g/mol. The van der Waals surface area contributed by atoms with Gasteiger partial charge >= 0.3 is 0 Å². The average molecular weight is 252 g/mol. The minimum Gasteiger partial charge on any atom is -0.389 e. The molecule has 1 aliphatic rings. The van der Waals surface area contributed by atoms with Crippen molar-refractivity contribution < 1.29 is 4.39 Å². The Labute approximate surface area is 107 Å². The molecule has 0 bridgehead atoms. The van der Waals surface area contributed by atoms with Crippen LogP contribution < -0.4 is 10.6 Å². The van der Waals surface area contributed by atoms with Crippen LogP contribution in [0.15, 0.2) is 18.2 Å². The molecule has 17 heavy (non-hydrogen) atoms. The predicted molar refractivity (Wildman–Crippen MR) is 72.9 cm³/mol. The lowest BCUT2D eigenvalue weighted by Gasteiger charge is -2.32. The van der Waals surface area contributed by atoms with Gasteiger partial charge < -0.3 is 10.6 Å². The summed E-state index contributed by atoms with van der Waals surface area (Å²) in [4.78, 5) is 2.18. The fourth-order valence-electron chi connectivity index (χ4n) is 2.24. The van der Waals surface area contributed by atoms with Crippen LogP contribution in [0.2, 0.25) is 0 Å². The molecule has 1 saturated carbocycles. The first-order valence-electron chi connectivity index (χ1n) is 5.89. The molecule has 1 aromatic rings. The highest BCUT2D eigenvalue weighted by atomic mass is 32.1. The lowest BCUT2D eigenvalue weighted by molar-refractivity contribution is 0.321. The summed E-state index contributed by atoms with van der Waals surface area (Å²) in [6.45, 7) is 0.944. The number of anilines is 1. The van der Waals surface area contributed by atoms with Crippen molar-refractivity contribution in [2.45, 2.75) is 19.3 Å². The molecule has 0 spiro atoms. The molecule has 0 radical (unpaired) electrons. The normalized spacial score (nSPS) is 15.4. The van der Waals surface area contributed by atoms with Crippen molar-refractivity contribution in [1.82, 2.24) is 0 Å². The van der Waals surface area contributed by atoms with Gasteiger partial charge in [-0.15, -0.1) is 0 Å². The van der Waals surface area contributed by atoms with Crippen molar-refractivity contribution in [2.75, 3.05) is 18.5 Å². The van der Waals surface area contributed by atoms with Crippen molar-refractivity contribution in [1.29, 1.82) is 0 Å². The van der Waals surface area contributed by atoms with Crippen LogP contribution in [0.3, 0.4) is 0 Å². The van der Waals surface area contributed by atoms with Gasteiger partial charge in [-0.25, -0.2) is 4.39 Å². The number of hydrogen-bond acceptors (Lipinski definition) is 2. The highest BCUT2D eigenvalue weighted by Gasteiger charge is 2.21. The fraction of sp³-hybridized carbons (Fsp3) is 0.462. The maximum absolute atomic E-state index is 13.7. The molecule has 0 atom stereocenters. The summed E-state index contributed by atoms with van der Waals surface area (Å²) in [5.41, 5.74) is 6.76. The molecule has 4 heteroatoms. The topological polar surface area (TPSA) is 29.3 Å². The Kier molecular flexibility index (Phi) is 3.62. The van der Waals surface area contributed by atoms with Crippen molar-refractivity contribution in [3.63, 3.8) is 0 Å². The van der Waals surface area contributed by atoms with Crippen LogP contribution in [-0.2, 0) is 0 Å². The van der Waals surface area contributed by atoms with E-state index in [2.05, 4.69) is 4.90 Å². The number of thiocarbonyl (C=S) groups is 1. The quantitative estimate of drug-likeness (QED) is 0.835. The highest BCUT2D eigenvalue weighted by Crippen LogP contribution is 2.30. The van der Waals surface area contributed by atoms with Gasteiger partial charge in [-0.1, -0.05) is 24.7 Å². The van der Waals surface area contributed by atoms with Crippen LogP contribution in [0.5, 0.6) is 0 Å². The van der Waals surface area contributed by atoms with Crippen molar-refractivity contribution in [3.8, 4) is 0 Å². The molecular weight excluding hydrogens is 235 g/mol. The first-order valence-corrected chi connectivity index (χ1v) is 6.30. The number of halogens is 1. The second-order valence-corrected chi connectivity index (χ2v) is 5.12. The summed E-state index contributed by atoms with van der Waals surface area (Å²) < 4.78 is 13.7. The first-order chi connectivity index (χ1) is 8.09. The fourth-order valence-corrected chi connectivity index (χ4v) is 2.44.